The molecule has 11 heavy (non-hydrogen) atoms. The number of hydrogen-bond donors (Lipinski definition) is 1. The minimum atomic E-state index is 0. The first kappa shape index (κ1) is 7.14. The summed E-state index contributed by atoms with van der Waals surface area (Å²) in [5, 5.41) is 0.817. The van der Waals surface area contributed by atoms with E-state index in [1.165, 1.54) is 11.1 Å². The first-order chi connectivity index (χ1) is 5.27. The van der Waals surface area contributed by atoms with Gasteiger partial charge in [-0.1, -0.05) is 17.7 Å². The highest BCUT2D eigenvalue weighted by atomic mass is 35.5. The molecular formula is C9H12ClN. The van der Waals surface area contributed by atoms with Crippen molar-refractivity contribution in [3.05, 3.63) is 34.3 Å². The van der Waals surface area contributed by atoms with Gasteiger partial charge in [-0.05, 0) is 36.1 Å². The van der Waals surface area contributed by atoms with Crippen molar-refractivity contribution in [1.29, 1.82) is 0 Å². The second-order valence-corrected chi connectivity index (χ2v) is 3.42. The van der Waals surface area contributed by atoms with Crippen molar-refractivity contribution in [2.45, 2.75) is 18.9 Å². The molecule has 60 valence electrons. The highest BCUT2D eigenvalue weighted by Crippen LogP contribution is 2.30. The van der Waals surface area contributed by atoms with Crippen LogP contribution in [0.15, 0.2) is 18.2 Å². The van der Waals surface area contributed by atoms with Crippen LogP contribution in [0.25, 0.3) is 0 Å². The van der Waals surface area contributed by atoms with Crippen LogP contribution in [0.3, 0.4) is 0 Å². The van der Waals surface area contributed by atoms with Crippen LogP contribution >= 0.6 is 11.6 Å². The zero-order chi connectivity index (χ0) is 7.84. The number of aryl methyl sites for hydroxylation is 1. The molecule has 0 unspecified atom stereocenters. The average molecular weight is 170 g/mol. The van der Waals surface area contributed by atoms with Crippen molar-refractivity contribution in [3.8, 4) is 0 Å². The molecule has 0 aliphatic heterocycles. The lowest BCUT2D eigenvalue weighted by molar-refractivity contribution is 0.713. The van der Waals surface area contributed by atoms with Gasteiger partial charge in [-0.25, -0.2) is 0 Å². The summed E-state index contributed by atoms with van der Waals surface area (Å²) in [6, 6.07) is 6.20. The summed E-state index contributed by atoms with van der Waals surface area (Å²) in [5.41, 5.74) is 8.45. The predicted octanol–water partition coefficient (Wildman–Crippen LogP) is 2.53. The van der Waals surface area contributed by atoms with Crippen LogP contribution in [-0.4, -0.2) is 0 Å². The Bertz CT molecular complexity index is 288. The number of fused-ring (bicyclic) bond motifs is 1. The zero-order valence-corrected chi connectivity index (χ0v) is 6.93. The monoisotopic (exact) mass is 169 g/mol. The molecule has 0 heterocycles. The third-order valence-electron chi connectivity index (χ3n) is 2.23. The first-order valence-electron chi connectivity index (χ1n) is 3.81. The Hall–Kier alpha value is -0.530. The molecule has 1 aromatic rings. The average Bonchev–Trinajstić information content (AvgIpc) is 2.32. The maximum atomic E-state index is 5.85. The van der Waals surface area contributed by atoms with Gasteiger partial charge in [0.05, 0.1) is 0 Å². The highest BCUT2D eigenvalue weighted by molar-refractivity contribution is 6.30. The molecule has 0 amide bonds. The molecule has 2 N–H and O–H groups in total. The van der Waals surface area contributed by atoms with Crippen molar-refractivity contribution < 1.29 is 1.43 Å². The van der Waals surface area contributed by atoms with Gasteiger partial charge < -0.3 is 5.73 Å². The molecule has 0 fully saturated rings. The Morgan fingerprint density at radius 3 is 3.18 bits per heavy atom. The summed E-state index contributed by atoms with van der Waals surface area (Å²) >= 11 is 5.83. The topological polar surface area (TPSA) is 26.0 Å². The lowest BCUT2D eigenvalue weighted by Gasteiger charge is -2.03. The standard InChI is InChI=1S/C9H10ClN.H2/c10-7-2-3-8-6(5-7)1-4-9(8)11;/h2-3,5,9H,1,4,11H2;1H/t9-;/m1./s1. The van der Waals surface area contributed by atoms with Crippen LogP contribution in [0.4, 0.5) is 0 Å². The Morgan fingerprint density at radius 2 is 2.36 bits per heavy atom. The lowest BCUT2D eigenvalue weighted by Crippen LogP contribution is -2.04. The van der Waals surface area contributed by atoms with E-state index in [1.54, 1.807) is 0 Å². The molecule has 2 heteroatoms. The molecular weight excluding hydrogens is 158 g/mol. The minimum Gasteiger partial charge on any atom is -0.324 e. The molecule has 0 spiro atoms. The quantitative estimate of drug-likeness (QED) is 0.635. The van der Waals surface area contributed by atoms with Crippen LogP contribution < -0.4 is 5.73 Å². The van der Waals surface area contributed by atoms with Crippen LogP contribution in [0.1, 0.15) is 25.0 Å². The van der Waals surface area contributed by atoms with Crippen molar-refractivity contribution in [1.82, 2.24) is 0 Å². The van der Waals surface area contributed by atoms with Crippen molar-refractivity contribution in [2.75, 3.05) is 0 Å². The van der Waals surface area contributed by atoms with Gasteiger partial charge in [-0.15, -0.1) is 0 Å². The molecule has 0 radical (unpaired) electrons. The molecule has 0 aromatic heterocycles. The van der Waals surface area contributed by atoms with Crippen LogP contribution in [-0.2, 0) is 6.42 Å². The molecule has 1 aliphatic rings. The maximum absolute atomic E-state index is 5.85. The number of benzene rings is 1. The summed E-state index contributed by atoms with van der Waals surface area (Å²) < 4.78 is 0. The molecule has 1 aromatic carbocycles. The SMILES string of the molecule is N[C@@H]1CCc2cc(Cl)ccc21.[HH]. The number of nitrogens with two attached hydrogens (primary N) is 1. The lowest BCUT2D eigenvalue weighted by atomic mass is 10.1. The minimum absolute atomic E-state index is 0. The van der Waals surface area contributed by atoms with Gasteiger partial charge in [0.15, 0.2) is 0 Å². The summed E-state index contributed by atoms with van der Waals surface area (Å²) in [4.78, 5) is 0. The van der Waals surface area contributed by atoms with Gasteiger partial charge >= 0.3 is 0 Å². The fraction of sp³-hybridized carbons (Fsp3) is 0.333. The Labute approximate surface area is 72.6 Å². The second kappa shape index (κ2) is 2.50. The van der Waals surface area contributed by atoms with Gasteiger partial charge in [0.25, 0.3) is 0 Å². The van der Waals surface area contributed by atoms with Crippen molar-refractivity contribution >= 4 is 11.6 Å². The Morgan fingerprint density at radius 1 is 1.55 bits per heavy atom. The maximum Gasteiger partial charge on any atom is 0.0408 e. The summed E-state index contributed by atoms with van der Waals surface area (Å²) in [6.45, 7) is 0. The summed E-state index contributed by atoms with van der Waals surface area (Å²) in [6.07, 6.45) is 2.15. The molecule has 1 aliphatic carbocycles. The van der Waals surface area contributed by atoms with E-state index in [4.69, 9.17) is 17.3 Å². The van der Waals surface area contributed by atoms with Gasteiger partial charge in [0, 0.05) is 12.5 Å². The van der Waals surface area contributed by atoms with E-state index < -0.39 is 0 Å². The van der Waals surface area contributed by atoms with Crippen LogP contribution in [0, 0.1) is 0 Å². The van der Waals surface area contributed by atoms with E-state index in [2.05, 4.69) is 0 Å². The fourth-order valence-electron chi connectivity index (χ4n) is 1.62. The molecule has 0 bridgehead atoms. The second-order valence-electron chi connectivity index (χ2n) is 2.99. The number of hydrogen-bond acceptors (Lipinski definition) is 1. The van der Waals surface area contributed by atoms with E-state index in [1.807, 2.05) is 18.2 Å². The van der Waals surface area contributed by atoms with E-state index in [9.17, 15) is 0 Å². The van der Waals surface area contributed by atoms with Gasteiger partial charge in [0.1, 0.15) is 0 Å². The van der Waals surface area contributed by atoms with E-state index in [0.29, 0.717) is 0 Å². The van der Waals surface area contributed by atoms with E-state index in [0.717, 1.165) is 17.9 Å². The third-order valence-corrected chi connectivity index (χ3v) is 2.46. The fourth-order valence-corrected chi connectivity index (χ4v) is 1.81. The summed E-state index contributed by atoms with van der Waals surface area (Å²) in [7, 11) is 0. The van der Waals surface area contributed by atoms with Crippen LogP contribution in [0.2, 0.25) is 5.02 Å². The van der Waals surface area contributed by atoms with Crippen LogP contribution in [0.5, 0.6) is 0 Å². The molecule has 1 atom stereocenters. The zero-order valence-electron chi connectivity index (χ0n) is 6.18. The largest absolute Gasteiger partial charge is 0.324 e. The van der Waals surface area contributed by atoms with E-state index in [-0.39, 0.29) is 7.47 Å². The Kier molecular flexibility index (Phi) is 1.63. The highest BCUT2D eigenvalue weighted by Gasteiger charge is 2.18. The predicted molar refractivity (Wildman–Crippen MR) is 48.8 cm³/mol. The van der Waals surface area contributed by atoms with E-state index >= 15 is 0 Å². The number of rotatable bonds is 0. The molecule has 1 nitrogen and oxygen atoms in total. The third kappa shape index (κ3) is 1.15. The molecule has 2 rings (SSSR count). The van der Waals surface area contributed by atoms with Crippen molar-refractivity contribution in [3.63, 3.8) is 0 Å². The molecule has 0 saturated heterocycles. The Balaban J connectivity index is 0.000000720. The van der Waals surface area contributed by atoms with Crippen molar-refractivity contribution in [2.24, 2.45) is 5.73 Å². The number of halogens is 1. The smallest absolute Gasteiger partial charge is 0.0408 e. The van der Waals surface area contributed by atoms with Gasteiger partial charge in [-0.2, -0.15) is 0 Å². The van der Waals surface area contributed by atoms with Gasteiger partial charge in [-0.3, -0.25) is 0 Å². The van der Waals surface area contributed by atoms with Gasteiger partial charge in [0.2, 0.25) is 0 Å². The summed E-state index contributed by atoms with van der Waals surface area (Å²) in [5.74, 6) is 0. The first-order valence-corrected chi connectivity index (χ1v) is 4.19. The normalized spacial score (nSPS) is 21.8. The molecule has 0 saturated carbocycles.